The number of aliphatic hydroxyl groups excluding tert-OH is 1. The summed E-state index contributed by atoms with van der Waals surface area (Å²) in [5.41, 5.74) is 5.25. The van der Waals surface area contributed by atoms with Gasteiger partial charge in [0.2, 0.25) is 5.91 Å². The van der Waals surface area contributed by atoms with Gasteiger partial charge in [-0.15, -0.1) is 0 Å². The zero-order valence-electron chi connectivity index (χ0n) is 8.93. The average Bonchev–Trinajstić information content (AvgIpc) is 2.22. The number of amides is 1. The second-order valence-corrected chi connectivity index (χ2v) is 3.50. The van der Waals surface area contributed by atoms with Crippen molar-refractivity contribution in [3.63, 3.8) is 0 Å². The van der Waals surface area contributed by atoms with Crippen molar-refractivity contribution in [1.82, 2.24) is 5.32 Å². The third-order valence-electron chi connectivity index (χ3n) is 2.31. The molecule has 6 heteroatoms. The maximum atomic E-state index is 11.2. The van der Waals surface area contributed by atoms with Gasteiger partial charge in [0.25, 0.3) is 0 Å². The van der Waals surface area contributed by atoms with E-state index in [1.807, 2.05) is 6.92 Å². The number of nitrogens with one attached hydrogen (secondary N) is 1. The lowest BCUT2D eigenvalue weighted by atomic mass is 9.99. The van der Waals surface area contributed by atoms with Gasteiger partial charge in [0.15, 0.2) is 0 Å². The summed E-state index contributed by atoms with van der Waals surface area (Å²) in [5, 5.41) is 19.8. The summed E-state index contributed by atoms with van der Waals surface area (Å²) in [7, 11) is 0. The Morgan fingerprint density at radius 3 is 2.33 bits per heavy atom. The molecule has 0 rings (SSSR count). The summed E-state index contributed by atoms with van der Waals surface area (Å²) in [6.45, 7) is 3.06. The van der Waals surface area contributed by atoms with Crippen molar-refractivity contribution < 1.29 is 19.8 Å². The molecule has 88 valence electrons. The van der Waals surface area contributed by atoms with Gasteiger partial charge in [-0.1, -0.05) is 20.3 Å². The maximum Gasteiger partial charge on any atom is 0.326 e. The highest BCUT2D eigenvalue weighted by atomic mass is 16.4. The highest BCUT2D eigenvalue weighted by Gasteiger charge is 2.26. The van der Waals surface area contributed by atoms with Gasteiger partial charge in [0, 0.05) is 0 Å². The predicted octanol–water partition coefficient (Wildman–Crippen LogP) is -1.08. The van der Waals surface area contributed by atoms with E-state index in [1.54, 1.807) is 6.92 Å². The molecule has 6 nitrogen and oxygen atoms in total. The molecule has 0 heterocycles. The molecular formula is C9H18N2O4. The molecule has 0 radical (unpaired) electrons. The van der Waals surface area contributed by atoms with Gasteiger partial charge in [0.1, 0.15) is 12.1 Å². The van der Waals surface area contributed by atoms with Crippen LogP contribution in [0.3, 0.4) is 0 Å². The lowest BCUT2D eigenvalue weighted by Gasteiger charge is -2.21. The average molecular weight is 218 g/mol. The molecule has 1 amide bonds. The molecule has 0 spiro atoms. The van der Waals surface area contributed by atoms with E-state index in [-0.39, 0.29) is 5.92 Å². The Labute approximate surface area is 88.5 Å². The first-order chi connectivity index (χ1) is 6.93. The van der Waals surface area contributed by atoms with E-state index in [4.69, 9.17) is 15.9 Å². The lowest BCUT2D eigenvalue weighted by molar-refractivity contribution is -0.143. The Morgan fingerprint density at radius 1 is 1.47 bits per heavy atom. The van der Waals surface area contributed by atoms with Crippen LogP contribution in [0.25, 0.3) is 0 Å². The van der Waals surface area contributed by atoms with E-state index in [2.05, 4.69) is 5.32 Å². The third-order valence-corrected chi connectivity index (χ3v) is 2.31. The smallest absolute Gasteiger partial charge is 0.326 e. The molecule has 0 aromatic carbocycles. The molecule has 0 aliphatic carbocycles. The Kier molecular flexibility index (Phi) is 5.88. The van der Waals surface area contributed by atoms with Gasteiger partial charge in [-0.25, -0.2) is 4.79 Å². The second kappa shape index (κ2) is 6.36. The monoisotopic (exact) mass is 218 g/mol. The summed E-state index contributed by atoms with van der Waals surface area (Å²) in [5.74, 6) is -1.93. The standard InChI is InChI=1S/C9H18N2O4/c1-3-5(2)7(9(14)15)11-8(13)6(10)4-12/h5-7,12H,3-4,10H2,1-2H3,(H,11,13)(H,14,15)/t5-,6-,7-/m0/s1. The number of aliphatic carboxylic acids is 1. The first-order valence-electron chi connectivity index (χ1n) is 4.83. The van der Waals surface area contributed by atoms with Crippen LogP contribution in [0, 0.1) is 5.92 Å². The van der Waals surface area contributed by atoms with Crippen molar-refractivity contribution in [2.75, 3.05) is 6.61 Å². The van der Waals surface area contributed by atoms with Crippen molar-refractivity contribution in [3.05, 3.63) is 0 Å². The number of hydrogen-bond donors (Lipinski definition) is 4. The highest BCUT2D eigenvalue weighted by Crippen LogP contribution is 2.07. The van der Waals surface area contributed by atoms with Gasteiger partial charge in [0.05, 0.1) is 6.61 Å². The van der Waals surface area contributed by atoms with E-state index < -0.39 is 30.6 Å². The summed E-state index contributed by atoms with van der Waals surface area (Å²) in [6, 6.07) is -2.03. The van der Waals surface area contributed by atoms with Gasteiger partial charge < -0.3 is 21.3 Å². The number of carboxylic acids is 1. The third kappa shape index (κ3) is 4.26. The topological polar surface area (TPSA) is 113 Å². The van der Waals surface area contributed by atoms with Crippen LogP contribution < -0.4 is 11.1 Å². The maximum absolute atomic E-state index is 11.2. The molecule has 0 aliphatic heterocycles. The number of aliphatic hydroxyl groups is 1. The fourth-order valence-electron chi connectivity index (χ4n) is 1.03. The minimum Gasteiger partial charge on any atom is -0.480 e. The molecule has 3 atom stereocenters. The zero-order chi connectivity index (χ0) is 12.0. The number of rotatable bonds is 6. The van der Waals surface area contributed by atoms with E-state index in [0.717, 1.165) is 0 Å². The largest absolute Gasteiger partial charge is 0.480 e. The lowest BCUT2D eigenvalue weighted by Crippen LogP contribution is -2.52. The van der Waals surface area contributed by atoms with Crippen LogP contribution in [0.1, 0.15) is 20.3 Å². The van der Waals surface area contributed by atoms with E-state index in [9.17, 15) is 9.59 Å². The van der Waals surface area contributed by atoms with Gasteiger partial charge >= 0.3 is 5.97 Å². The number of nitrogens with two attached hydrogens (primary N) is 1. The molecule has 0 fully saturated rings. The fraction of sp³-hybridized carbons (Fsp3) is 0.778. The predicted molar refractivity (Wildman–Crippen MR) is 54.1 cm³/mol. The van der Waals surface area contributed by atoms with Crippen LogP contribution in [0.2, 0.25) is 0 Å². The summed E-state index contributed by atoms with van der Waals surface area (Å²) in [6.07, 6.45) is 0.631. The van der Waals surface area contributed by atoms with Crippen molar-refractivity contribution in [2.45, 2.75) is 32.4 Å². The normalized spacial score (nSPS) is 16.5. The van der Waals surface area contributed by atoms with Crippen LogP contribution in [0.4, 0.5) is 0 Å². The minimum atomic E-state index is -1.09. The molecule has 0 saturated heterocycles. The van der Waals surface area contributed by atoms with Crippen LogP contribution in [0.15, 0.2) is 0 Å². The summed E-state index contributed by atoms with van der Waals surface area (Å²) < 4.78 is 0. The van der Waals surface area contributed by atoms with Crippen LogP contribution in [0.5, 0.6) is 0 Å². The first kappa shape index (κ1) is 13.9. The molecule has 0 aliphatic rings. The van der Waals surface area contributed by atoms with Crippen LogP contribution in [-0.2, 0) is 9.59 Å². The minimum absolute atomic E-state index is 0.183. The highest BCUT2D eigenvalue weighted by molar-refractivity contribution is 5.86. The van der Waals surface area contributed by atoms with Gasteiger partial charge in [-0.2, -0.15) is 0 Å². The molecular weight excluding hydrogens is 200 g/mol. The van der Waals surface area contributed by atoms with Gasteiger partial charge in [-0.05, 0) is 5.92 Å². The number of carboxylic acid groups (broad SMARTS) is 1. The quantitative estimate of drug-likeness (QED) is 0.453. The summed E-state index contributed by atoms with van der Waals surface area (Å²) >= 11 is 0. The fourth-order valence-corrected chi connectivity index (χ4v) is 1.03. The van der Waals surface area contributed by atoms with E-state index in [0.29, 0.717) is 6.42 Å². The molecule has 15 heavy (non-hydrogen) atoms. The SMILES string of the molecule is CC[C@H](C)[C@H](NC(=O)[C@@H](N)CO)C(=O)O. The molecule has 0 saturated carbocycles. The van der Waals surface area contributed by atoms with Gasteiger partial charge in [-0.3, -0.25) is 4.79 Å². The van der Waals surface area contributed by atoms with E-state index >= 15 is 0 Å². The van der Waals surface area contributed by atoms with Crippen molar-refractivity contribution >= 4 is 11.9 Å². The number of hydrogen-bond acceptors (Lipinski definition) is 4. The Bertz CT molecular complexity index is 232. The van der Waals surface area contributed by atoms with E-state index in [1.165, 1.54) is 0 Å². The molecule has 0 aromatic rings. The Morgan fingerprint density at radius 2 is 2.00 bits per heavy atom. The van der Waals surface area contributed by atoms with Crippen molar-refractivity contribution in [2.24, 2.45) is 11.7 Å². The molecule has 5 N–H and O–H groups in total. The van der Waals surface area contributed by atoms with Crippen LogP contribution >= 0.6 is 0 Å². The van der Waals surface area contributed by atoms with Crippen molar-refractivity contribution in [1.29, 1.82) is 0 Å². The Hall–Kier alpha value is -1.14. The zero-order valence-corrected chi connectivity index (χ0v) is 8.93. The number of carbonyl (C=O) groups is 2. The Balaban J connectivity index is 4.42. The van der Waals surface area contributed by atoms with Crippen molar-refractivity contribution in [3.8, 4) is 0 Å². The molecule has 0 bridgehead atoms. The molecule has 0 aromatic heterocycles. The first-order valence-corrected chi connectivity index (χ1v) is 4.83. The summed E-state index contributed by atoms with van der Waals surface area (Å²) in [4.78, 5) is 22.1. The van der Waals surface area contributed by atoms with Crippen LogP contribution in [-0.4, -0.2) is 40.8 Å². The number of carbonyl (C=O) groups excluding carboxylic acids is 1. The molecule has 0 unspecified atom stereocenters. The second-order valence-electron chi connectivity index (χ2n) is 3.50.